The lowest BCUT2D eigenvalue weighted by atomic mass is 9.99. The van der Waals surface area contributed by atoms with E-state index in [1.54, 1.807) is 11.8 Å². The van der Waals surface area contributed by atoms with E-state index >= 15 is 0 Å². The molecule has 0 aliphatic carbocycles. The first kappa shape index (κ1) is 14.4. The summed E-state index contributed by atoms with van der Waals surface area (Å²) in [6.07, 6.45) is 2.05. The fraction of sp³-hybridized carbons (Fsp3) is 0.533. The number of likely N-dealkylation sites (tertiary alicyclic amines) is 1. The smallest absolute Gasteiger partial charge is 0.232 e. The van der Waals surface area contributed by atoms with E-state index in [-0.39, 0.29) is 18.4 Å². The van der Waals surface area contributed by atoms with Crippen molar-refractivity contribution in [3.8, 4) is 0 Å². The molecular weight excluding hydrogens is 258 g/mol. The molecule has 2 rings (SSSR count). The van der Waals surface area contributed by atoms with Crippen molar-refractivity contribution >= 4 is 17.7 Å². The zero-order valence-corrected chi connectivity index (χ0v) is 11.9. The van der Waals surface area contributed by atoms with E-state index in [9.17, 15) is 9.90 Å². The minimum Gasteiger partial charge on any atom is -0.396 e. The Morgan fingerprint density at radius 1 is 1.37 bits per heavy atom. The third-order valence-electron chi connectivity index (χ3n) is 3.47. The molecule has 0 spiro atoms. The summed E-state index contributed by atoms with van der Waals surface area (Å²) in [6, 6.07) is 10.2. The van der Waals surface area contributed by atoms with Crippen LogP contribution in [0.25, 0.3) is 0 Å². The van der Waals surface area contributed by atoms with Crippen molar-refractivity contribution in [1.82, 2.24) is 4.90 Å². The van der Waals surface area contributed by atoms with Gasteiger partial charge in [-0.05, 0) is 24.3 Å². The van der Waals surface area contributed by atoms with E-state index in [2.05, 4.69) is 12.1 Å². The summed E-state index contributed by atoms with van der Waals surface area (Å²) < 4.78 is 0. The molecule has 1 aliphatic rings. The molecule has 0 aromatic heterocycles. The highest BCUT2D eigenvalue weighted by Crippen LogP contribution is 2.18. The lowest BCUT2D eigenvalue weighted by Crippen LogP contribution is -2.41. The maximum Gasteiger partial charge on any atom is 0.232 e. The van der Waals surface area contributed by atoms with Gasteiger partial charge >= 0.3 is 0 Å². The molecule has 1 N–H and O–H groups in total. The van der Waals surface area contributed by atoms with Gasteiger partial charge in [-0.3, -0.25) is 4.79 Å². The summed E-state index contributed by atoms with van der Waals surface area (Å²) in [7, 11) is 0. The van der Waals surface area contributed by atoms with Gasteiger partial charge in [0, 0.05) is 25.4 Å². The van der Waals surface area contributed by atoms with Crippen molar-refractivity contribution in [2.24, 2.45) is 5.92 Å². The molecule has 104 valence electrons. The van der Waals surface area contributed by atoms with E-state index in [0.717, 1.165) is 31.7 Å². The number of rotatable bonds is 5. The number of aliphatic hydroxyl groups is 1. The fourth-order valence-electron chi connectivity index (χ4n) is 2.36. The lowest BCUT2D eigenvalue weighted by Gasteiger charge is -2.31. The van der Waals surface area contributed by atoms with E-state index in [4.69, 9.17) is 0 Å². The van der Waals surface area contributed by atoms with Crippen LogP contribution >= 0.6 is 11.8 Å². The van der Waals surface area contributed by atoms with E-state index in [1.165, 1.54) is 5.56 Å². The zero-order valence-electron chi connectivity index (χ0n) is 11.1. The normalized spacial score (nSPS) is 19.4. The number of thioether (sulfide) groups is 1. The van der Waals surface area contributed by atoms with Crippen LogP contribution in [0.3, 0.4) is 0 Å². The summed E-state index contributed by atoms with van der Waals surface area (Å²) in [5.74, 6) is 1.90. The largest absolute Gasteiger partial charge is 0.396 e. The second kappa shape index (κ2) is 7.56. The molecule has 0 bridgehead atoms. The van der Waals surface area contributed by atoms with Crippen molar-refractivity contribution in [1.29, 1.82) is 0 Å². The van der Waals surface area contributed by atoms with Gasteiger partial charge in [-0.2, -0.15) is 0 Å². The Labute approximate surface area is 119 Å². The Morgan fingerprint density at radius 3 is 2.89 bits per heavy atom. The van der Waals surface area contributed by atoms with Crippen molar-refractivity contribution in [3.05, 3.63) is 35.9 Å². The van der Waals surface area contributed by atoms with Gasteiger partial charge in [-0.15, -0.1) is 11.8 Å². The second-order valence-electron chi connectivity index (χ2n) is 5.01. The zero-order chi connectivity index (χ0) is 13.5. The SMILES string of the molecule is O=C(CSCc1ccccc1)N1CCCC(CO)C1. The number of hydrogen-bond donors (Lipinski definition) is 1. The molecule has 0 radical (unpaired) electrons. The first-order valence-electron chi connectivity index (χ1n) is 6.80. The number of benzene rings is 1. The van der Waals surface area contributed by atoms with Gasteiger partial charge in [-0.1, -0.05) is 30.3 Å². The van der Waals surface area contributed by atoms with Crippen molar-refractivity contribution in [2.45, 2.75) is 18.6 Å². The number of amides is 1. The molecule has 1 unspecified atom stereocenters. The average Bonchev–Trinajstić information content (AvgIpc) is 2.48. The molecule has 1 saturated heterocycles. The second-order valence-corrected chi connectivity index (χ2v) is 5.99. The predicted octanol–water partition coefficient (Wildman–Crippen LogP) is 2.15. The number of hydrogen-bond acceptors (Lipinski definition) is 3. The molecule has 1 aromatic rings. The van der Waals surface area contributed by atoms with Gasteiger partial charge in [-0.25, -0.2) is 0 Å². The van der Waals surface area contributed by atoms with Gasteiger partial charge < -0.3 is 10.0 Å². The Hall–Kier alpha value is -1.00. The van der Waals surface area contributed by atoms with Crippen LogP contribution in [0.15, 0.2) is 30.3 Å². The van der Waals surface area contributed by atoms with Crippen LogP contribution in [0, 0.1) is 5.92 Å². The standard InChI is InChI=1S/C15H21NO2S/c17-10-14-7-4-8-16(9-14)15(18)12-19-11-13-5-2-1-3-6-13/h1-3,5-6,14,17H,4,7-12H2. The summed E-state index contributed by atoms with van der Waals surface area (Å²) >= 11 is 1.66. The molecule has 19 heavy (non-hydrogen) atoms. The highest BCUT2D eigenvalue weighted by atomic mass is 32.2. The van der Waals surface area contributed by atoms with Crippen LogP contribution < -0.4 is 0 Å². The number of nitrogens with zero attached hydrogens (tertiary/aromatic N) is 1. The summed E-state index contributed by atoms with van der Waals surface area (Å²) in [6.45, 7) is 1.77. The molecular formula is C15H21NO2S. The van der Waals surface area contributed by atoms with Gasteiger partial charge in [0.15, 0.2) is 0 Å². The first-order chi connectivity index (χ1) is 9.29. The quantitative estimate of drug-likeness (QED) is 0.898. The molecule has 1 aromatic carbocycles. The summed E-state index contributed by atoms with van der Waals surface area (Å²) in [5, 5.41) is 9.17. The maximum atomic E-state index is 12.1. The van der Waals surface area contributed by atoms with Crippen LogP contribution in [-0.4, -0.2) is 41.4 Å². The highest BCUT2D eigenvalue weighted by Gasteiger charge is 2.22. The first-order valence-corrected chi connectivity index (χ1v) is 7.95. The third kappa shape index (κ3) is 4.55. The van der Waals surface area contributed by atoms with Gasteiger partial charge in [0.05, 0.1) is 5.75 Å². The van der Waals surface area contributed by atoms with Crippen LogP contribution in [0.5, 0.6) is 0 Å². The lowest BCUT2D eigenvalue weighted by molar-refractivity contribution is -0.130. The minimum atomic E-state index is 0.195. The van der Waals surface area contributed by atoms with E-state index in [1.807, 2.05) is 23.1 Å². The number of aliphatic hydroxyl groups excluding tert-OH is 1. The van der Waals surface area contributed by atoms with Crippen molar-refractivity contribution in [2.75, 3.05) is 25.4 Å². The topological polar surface area (TPSA) is 40.5 Å². The van der Waals surface area contributed by atoms with Crippen molar-refractivity contribution in [3.63, 3.8) is 0 Å². The molecule has 1 aliphatic heterocycles. The highest BCUT2D eigenvalue weighted by molar-refractivity contribution is 7.99. The predicted molar refractivity (Wildman–Crippen MR) is 79.0 cm³/mol. The number of carbonyl (C=O) groups is 1. The Kier molecular flexibility index (Phi) is 5.73. The molecule has 4 heteroatoms. The van der Waals surface area contributed by atoms with Gasteiger partial charge in [0.1, 0.15) is 0 Å². The number of carbonyl (C=O) groups excluding carboxylic acids is 1. The van der Waals surface area contributed by atoms with Gasteiger partial charge in [0.25, 0.3) is 0 Å². The fourth-order valence-corrected chi connectivity index (χ4v) is 3.25. The summed E-state index contributed by atoms with van der Waals surface area (Å²) in [5.41, 5.74) is 1.26. The molecule has 0 saturated carbocycles. The molecule has 1 heterocycles. The van der Waals surface area contributed by atoms with Crippen LogP contribution in [0.4, 0.5) is 0 Å². The Bertz CT molecular complexity index is 396. The third-order valence-corrected chi connectivity index (χ3v) is 4.46. The average molecular weight is 279 g/mol. The molecule has 1 fully saturated rings. The van der Waals surface area contributed by atoms with Crippen LogP contribution in [-0.2, 0) is 10.5 Å². The summed E-state index contributed by atoms with van der Waals surface area (Å²) in [4.78, 5) is 14.0. The maximum absolute atomic E-state index is 12.1. The molecule has 1 atom stereocenters. The Morgan fingerprint density at radius 2 is 2.16 bits per heavy atom. The Balaban J connectivity index is 1.72. The monoisotopic (exact) mass is 279 g/mol. The van der Waals surface area contributed by atoms with Crippen molar-refractivity contribution < 1.29 is 9.90 Å². The van der Waals surface area contributed by atoms with Crippen LogP contribution in [0.2, 0.25) is 0 Å². The molecule has 3 nitrogen and oxygen atoms in total. The van der Waals surface area contributed by atoms with E-state index in [0.29, 0.717) is 5.75 Å². The van der Waals surface area contributed by atoms with E-state index < -0.39 is 0 Å². The minimum absolute atomic E-state index is 0.195. The number of piperidine rings is 1. The molecule has 1 amide bonds. The van der Waals surface area contributed by atoms with Gasteiger partial charge in [0.2, 0.25) is 5.91 Å². The van der Waals surface area contributed by atoms with Crippen LogP contribution in [0.1, 0.15) is 18.4 Å².